The van der Waals surface area contributed by atoms with Crippen molar-refractivity contribution in [2.45, 2.75) is 97.7 Å². The third kappa shape index (κ3) is 13.2. The second-order valence-corrected chi connectivity index (χ2v) is 10.8. The molecule has 228 valence electrons. The Morgan fingerprint density at radius 2 is 1.39 bits per heavy atom. The molecule has 6 N–H and O–H groups in total. The van der Waals surface area contributed by atoms with E-state index >= 15 is 0 Å². The number of nitrogens with two attached hydrogens (primary N) is 1. The van der Waals surface area contributed by atoms with Gasteiger partial charge in [-0.3, -0.25) is 24.0 Å². The predicted octanol–water partition coefficient (Wildman–Crippen LogP) is 1.04. The van der Waals surface area contributed by atoms with Crippen molar-refractivity contribution in [3.63, 3.8) is 0 Å². The van der Waals surface area contributed by atoms with E-state index in [0.717, 1.165) is 5.56 Å². The van der Waals surface area contributed by atoms with E-state index in [1.54, 1.807) is 58.0 Å². The monoisotopic (exact) mass is 577 g/mol. The molecule has 0 bridgehead atoms. The number of nitrogens with one attached hydrogen (secondary N) is 4. The first kappa shape index (κ1) is 34.9. The molecule has 0 aromatic heterocycles. The molecule has 0 aliphatic heterocycles. The summed E-state index contributed by atoms with van der Waals surface area (Å²) >= 11 is 0. The van der Waals surface area contributed by atoms with Crippen molar-refractivity contribution in [2.24, 2.45) is 11.7 Å². The van der Waals surface area contributed by atoms with Crippen LogP contribution in [0.5, 0.6) is 0 Å². The van der Waals surface area contributed by atoms with Crippen LogP contribution in [0.3, 0.4) is 0 Å². The Labute approximate surface area is 240 Å². The quantitative estimate of drug-likeness (QED) is 0.202. The Balaban J connectivity index is 2.97. The molecule has 13 nitrogen and oxygen atoms in total. The maximum absolute atomic E-state index is 13.1. The fourth-order valence-corrected chi connectivity index (χ4v) is 3.41. The van der Waals surface area contributed by atoms with Gasteiger partial charge in [0.15, 0.2) is 0 Å². The number of carbonyl (C=O) groups is 6. The number of alkyl carbamates (subject to hydrolysis) is 1. The fraction of sp³-hybridized carbons (Fsp3) is 0.571. The molecule has 0 fully saturated rings. The van der Waals surface area contributed by atoms with Crippen LogP contribution in [0.2, 0.25) is 0 Å². The van der Waals surface area contributed by atoms with Gasteiger partial charge >= 0.3 is 12.1 Å². The first-order chi connectivity index (χ1) is 19.0. The number of hydrogen-bond donors (Lipinski definition) is 5. The predicted molar refractivity (Wildman–Crippen MR) is 150 cm³/mol. The molecule has 0 saturated heterocycles. The maximum Gasteiger partial charge on any atom is 0.408 e. The van der Waals surface area contributed by atoms with Crippen molar-refractivity contribution >= 4 is 35.7 Å². The van der Waals surface area contributed by atoms with Gasteiger partial charge in [0.2, 0.25) is 23.6 Å². The summed E-state index contributed by atoms with van der Waals surface area (Å²) in [5.74, 6) is -4.08. The van der Waals surface area contributed by atoms with Crippen LogP contribution in [0.15, 0.2) is 30.3 Å². The summed E-state index contributed by atoms with van der Waals surface area (Å²) in [6, 6.07) is 4.17. The minimum atomic E-state index is -1.45. The Morgan fingerprint density at radius 3 is 1.93 bits per heavy atom. The first-order valence-electron chi connectivity index (χ1n) is 13.4. The standard InChI is InChI=1S/C28H43N5O8/c1-8-16(2)22(23(29)35)33-25(37)17(3)30-26(38)20(14-21(34)40-15-19-12-10-9-11-13-19)32-24(36)18(4)31-27(39)41-28(5,6)7/h9-13,16-18,20,22H,8,14-15H2,1-7H3,(H2,29,35)(H,30,38)(H,31,39)(H,32,36)(H,33,37). The van der Waals surface area contributed by atoms with Gasteiger partial charge in [-0.25, -0.2) is 4.79 Å². The largest absolute Gasteiger partial charge is 0.461 e. The molecule has 1 aromatic rings. The number of esters is 1. The maximum atomic E-state index is 13.1. The minimum absolute atomic E-state index is 0.0541. The van der Waals surface area contributed by atoms with Crippen molar-refractivity contribution in [2.75, 3.05) is 0 Å². The second-order valence-electron chi connectivity index (χ2n) is 10.8. The number of rotatable bonds is 14. The van der Waals surface area contributed by atoms with Crippen molar-refractivity contribution in [3.8, 4) is 0 Å². The molecule has 5 atom stereocenters. The van der Waals surface area contributed by atoms with E-state index in [-0.39, 0.29) is 12.5 Å². The van der Waals surface area contributed by atoms with Gasteiger partial charge in [-0.15, -0.1) is 0 Å². The highest BCUT2D eigenvalue weighted by Gasteiger charge is 2.31. The van der Waals surface area contributed by atoms with Gasteiger partial charge in [0.25, 0.3) is 0 Å². The van der Waals surface area contributed by atoms with Crippen LogP contribution in [0.4, 0.5) is 4.79 Å². The molecule has 0 saturated carbocycles. The molecular weight excluding hydrogens is 534 g/mol. The van der Waals surface area contributed by atoms with E-state index in [2.05, 4.69) is 21.3 Å². The highest BCUT2D eigenvalue weighted by molar-refractivity contribution is 5.96. The van der Waals surface area contributed by atoms with Gasteiger partial charge in [0.1, 0.15) is 36.4 Å². The number of ether oxygens (including phenoxy) is 2. The molecule has 0 heterocycles. The molecule has 13 heteroatoms. The third-order valence-electron chi connectivity index (χ3n) is 5.94. The van der Waals surface area contributed by atoms with Gasteiger partial charge < -0.3 is 36.5 Å². The summed E-state index contributed by atoms with van der Waals surface area (Å²) in [4.78, 5) is 75.1. The number of primary amides is 1. The normalized spacial score (nSPS) is 14.7. The topological polar surface area (TPSA) is 195 Å². The van der Waals surface area contributed by atoms with E-state index < -0.39 is 71.9 Å². The lowest BCUT2D eigenvalue weighted by Crippen LogP contribution is -2.58. The van der Waals surface area contributed by atoms with E-state index in [0.29, 0.717) is 6.42 Å². The molecule has 5 amide bonds. The number of hydrogen-bond acceptors (Lipinski definition) is 8. The van der Waals surface area contributed by atoms with Crippen molar-refractivity contribution < 1.29 is 38.2 Å². The number of amides is 5. The molecule has 41 heavy (non-hydrogen) atoms. The summed E-state index contributed by atoms with van der Waals surface area (Å²) in [7, 11) is 0. The van der Waals surface area contributed by atoms with Crippen LogP contribution in [0, 0.1) is 5.92 Å². The molecule has 1 rings (SSSR count). The zero-order valence-corrected chi connectivity index (χ0v) is 24.7. The van der Waals surface area contributed by atoms with Gasteiger partial charge in [-0.05, 0) is 46.1 Å². The fourth-order valence-electron chi connectivity index (χ4n) is 3.41. The smallest absolute Gasteiger partial charge is 0.408 e. The van der Waals surface area contributed by atoms with Gasteiger partial charge in [-0.2, -0.15) is 0 Å². The molecule has 0 radical (unpaired) electrons. The van der Waals surface area contributed by atoms with Crippen LogP contribution in [-0.4, -0.2) is 65.5 Å². The highest BCUT2D eigenvalue weighted by atomic mass is 16.6. The molecule has 0 aliphatic carbocycles. The Morgan fingerprint density at radius 1 is 0.829 bits per heavy atom. The molecule has 1 aromatic carbocycles. The zero-order chi connectivity index (χ0) is 31.3. The van der Waals surface area contributed by atoms with Crippen LogP contribution >= 0.6 is 0 Å². The average Bonchev–Trinajstić information content (AvgIpc) is 2.88. The van der Waals surface area contributed by atoms with Crippen LogP contribution in [0.25, 0.3) is 0 Å². The van der Waals surface area contributed by atoms with Gasteiger partial charge in [-0.1, -0.05) is 50.6 Å². The Kier molecular flexibility index (Phi) is 13.8. The third-order valence-corrected chi connectivity index (χ3v) is 5.94. The van der Waals surface area contributed by atoms with E-state index in [4.69, 9.17) is 15.2 Å². The van der Waals surface area contributed by atoms with Crippen molar-refractivity contribution in [1.82, 2.24) is 21.3 Å². The van der Waals surface area contributed by atoms with Crippen LogP contribution in [-0.2, 0) is 40.1 Å². The van der Waals surface area contributed by atoms with Crippen LogP contribution in [0.1, 0.15) is 66.9 Å². The number of benzene rings is 1. The number of carbonyl (C=O) groups excluding carboxylic acids is 6. The lowest BCUT2D eigenvalue weighted by atomic mass is 9.98. The van der Waals surface area contributed by atoms with Gasteiger partial charge in [0.05, 0.1) is 6.42 Å². The highest BCUT2D eigenvalue weighted by Crippen LogP contribution is 2.09. The molecule has 0 spiro atoms. The van der Waals surface area contributed by atoms with E-state index in [9.17, 15) is 28.8 Å². The second kappa shape index (κ2) is 16.2. The SMILES string of the molecule is CCC(C)C(NC(=O)C(C)NC(=O)C(CC(=O)OCc1ccccc1)NC(=O)C(C)NC(=O)OC(C)(C)C)C(N)=O. The molecular formula is C28H43N5O8. The Hall–Kier alpha value is -4.16. The van der Waals surface area contributed by atoms with Crippen molar-refractivity contribution in [1.29, 1.82) is 0 Å². The zero-order valence-electron chi connectivity index (χ0n) is 24.7. The van der Waals surface area contributed by atoms with E-state index in [1.165, 1.54) is 13.8 Å². The Bertz CT molecular complexity index is 1070. The van der Waals surface area contributed by atoms with Crippen LogP contribution < -0.4 is 27.0 Å². The summed E-state index contributed by atoms with van der Waals surface area (Å²) in [6.45, 7) is 11.2. The summed E-state index contributed by atoms with van der Waals surface area (Å²) in [6.07, 6.45) is -0.836. The average molecular weight is 578 g/mol. The lowest BCUT2D eigenvalue weighted by molar-refractivity contribution is -0.147. The first-order valence-corrected chi connectivity index (χ1v) is 13.4. The van der Waals surface area contributed by atoms with Crippen molar-refractivity contribution in [3.05, 3.63) is 35.9 Å². The summed E-state index contributed by atoms with van der Waals surface area (Å²) < 4.78 is 10.4. The van der Waals surface area contributed by atoms with E-state index in [1.807, 2.05) is 6.92 Å². The minimum Gasteiger partial charge on any atom is -0.461 e. The lowest BCUT2D eigenvalue weighted by Gasteiger charge is -2.25. The summed E-state index contributed by atoms with van der Waals surface area (Å²) in [5, 5.41) is 9.74. The summed E-state index contributed by atoms with van der Waals surface area (Å²) in [5.41, 5.74) is 5.33. The molecule has 5 unspecified atom stereocenters. The molecule has 0 aliphatic rings. The van der Waals surface area contributed by atoms with Gasteiger partial charge in [0, 0.05) is 0 Å².